The summed E-state index contributed by atoms with van der Waals surface area (Å²) in [6.07, 6.45) is 16.9. The summed E-state index contributed by atoms with van der Waals surface area (Å²) in [5.41, 5.74) is 1.41. The highest BCUT2D eigenvalue weighted by atomic mass is 79.9. The summed E-state index contributed by atoms with van der Waals surface area (Å²) >= 11 is 3.72. The fourth-order valence-electron chi connectivity index (χ4n) is 8.01. The van der Waals surface area contributed by atoms with Crippen LogP contribution in [0.5, 0.6) is 0 Å². The second kappa shape index (κ2) is 5.78. The smallest absolute Gasteiger partial charge is 0.00341 e. The Balaban J connectivity index is 1.59. The van der Waals surface area contributed by atoms with E-state index in [9.17, 15) is 0 Å². The van der Waals surface area contributed by atoms with Crippen molar-refractivity contribution < 1.29 is 0 Å². The zero-order chi connectivity index (χ0) is 15.4. The van der Waals surface area contributed by atoms with E-state index in [4.69, 9.17) is 0 Å². The minimum atomic E-state index is 0.687. The molecule has 4 saturated carbocycles. The number of fused-ring (bicyclic) bond motifs is 5. The molecule has 1 heteroatoms. The maximum atomic E-state index is 3.72. The molecule has 0 saturated heterocycles. The lowest BCUT2D eigenvalue weighted by molar-refractivity contribution is -0.110. The van der Waals surface area contributed by atoms with Gasteiger partial charge in [0.1, 0.15) is 0 Å². The third-order valence-corrected chi connectivity index (χ3v) is 9.70. The molecule has 0 bridgehead atoms. The molecule has 7 atom stereocenters. The zero-order valence-corrected chi connectivity index (χ0v) is 16.3. The van der Waals surface area contributed by atoms with Crippen LogP contribution in [0.1, 0.15) is 84.5 Å². The molecule has 0 spiro atoms. The van der Waals surface area contributed by atoms with Gasteiger partial charge in [-0.3, -0.25) is 0 Å². The Kier molecular flexibility index (Phi) is 4.20. The van der Waals surface area contributed by atoms with E-state index in [-0.39, 0.29) is 0 Å². The Morgan fingerprint density at radius 1 is 0.818 bits per heavy atom. The fourth-order valence-corrected chi connectivity index (χ4v) is 8.56. The van der Waals surface area contributed by atoms with Gasteiger partial charge in [-0.2, -0.15) is 0 Å². The van der Waals surface area contributed by atoms with Gasteiger partial charge in [-0.05, 0) is 98.2 Å². The third-order valence-electron chi connectivity index (χ3n) is 9.24. The monoisotopic (exact) mass is 366 g/mol. The van der Waals surface area contributed by atoms with E-state index in [2.05, 4.69) is 29.8 Å². The maximum Gasteiger partial charge on any atom is 0.00341 e. The van der Waals surface area contributed by atoms with Gasteiger partial charge < -0.3 is 0 Å². The lowest BCUT2D eigenvalue weighted by Crippen LogP contribution is -2.52. The highest BCUT2D eigenvalue weighted by molar-refractivity contribution is 9.09. The molecule has 0 aliphatic heterocycles. The average Bonchev–Trinajstić information content (AvgIpc) is 2.84. The fraction of sp³-hybridized carbons (Fsp3) is 1.00. The highest BCUT2D eigenvalue weighted by Gasteiger charge is 2.59. The summed E-state index contributed by atoms with van der Waals surface area (Å²) in [6, 6.07) is 0. The summed E-state index contributed by atoms with van der Waals surface area (Å²) in [6.45, 7) is 5.39. The van der Waals surface area contributed by atoms with E-state index >= 15 is 0 Å². The van der Waals surface area contributed by atoms with Crippen molar-refractivity contribution in [3.63, 3.8) is 0 Å². The lowest BCUT2D eigenvalue weighted by atomic mass is 9.45. The SMILES string of the molecule is C[C@]12CC[C@H]3[C@@H](CCC4CCCC[C@@]43C)[C@@H]1CC[C@@H]2CCBr. The molecule has 0 amide bonds. The van der Waals surface area contributed by atoms with Crippen LogP contribution in [0.2, 0.25) is 0 Å². The number of rotatable bonds is 2. The maximum absolute atomic E-state index is 3.72. The van der Waals surface area contributed by atoms with Crippen molar-refractivity contribution >= 4 is 15.9 Å². The topological polar surface area (TPSA) is 0 Å². The first-order valence-corrected chi connectivity index (χ1v) is 11.3. The van der Waals surface area contributed by atoms with E-state index in [1.807, 2.05) is 0 Å². The van der Waals surface area contributed by atoms with Gasteiger partial charge in [0.2, 0.25) is 0 Å². The molecule has 126 valence electrons. The molecule has 1 unspecified atom stereocenters. The standard InChI is InChI=1S/C21H35Br/c1-20-12-4-3-5-15(20)6-8-17-18-9-7-16(11-14-22)21(18,2)13-10-19(17)20/h15-19H,3-14H2,1-2H3/t15?,16-,17+,18+,19+,20+,21-/m1/s1. The van der Waals surface area contributed by atoms with Crippen molar-refractivity contribution in [3.05, 3.63) is 0 Å². The average molecular weight is 367 g/mol. The van der Waals surface area contributed by atoms with Gasteiger partial charge in [0, 0.05) is 5.33 Å². The van der Waals surface area contributed by atoms with Gasteiger partial charge in [-0.25, -0.2) is 0 Å². The van der Waals surface area contributed by atoms with Gasteiger partial charge in [-0.15, -0.1) is 0 Å². The summed E-state index contributed by atoms with van der Waals surface area (Å²) in [5.74, 6) is 5.31. The third kappa shape index (κ3) is 2.20. The molecule has 22 heavy (non-hydrogen) atoms. The second-order valence-corrected chi connectivity index (χ2v) is 10.5. The van der Waals surface area contributed by atoms with Crippen molar-refractivity contribution in [1.29, 1.82) is 0 Å². The van der Waals surface area contributed by atoms with Crippen LogP contribution in [0.3, 0.4) is 0 Å². The van der Waals surface area contributed by atoms with E-state index in [0.29, 0.717) is 5.41 Å². The summed E-state index contributed by atoms with van der Waals surface area (Å²) in [4.78, 5) is 0. The van der Waals surface area contributed by atoms with Crippen LogP contribution >= 0.6 is 15.9 Å². The summed E-state index contributed by atoms with van der Waals surface area (Å²) in [5, 5.41) is 1.22. The lowest BCUT2D eigenvalue weighted by Gasteiger charge is -2.60. The van der Waals surface area contributed by atoms with Crippen LogP contribution in [-0.2, 0) is 0 Å². The molecule has 4 rings (SSSR count). The van der Waals surface area contributed by atoms with Gasteiger partial charge in [0.05, 0.1) is 0 Å². The van der Waals surface area contributed by atoms with E-state index in [0.717, 1.165) is 35.0 Å². The first-order valence-electron chi connectivity index (χ1n) is 10.2. The van der Waals surface area contributed by atoms with Crippen LogP contribution in [0, 0.1) is 40.4 Å². The summed E-state index contributed by atoms with van der Waals surface area (Å²) in [7, 11) is 0. The van der Waals surface area contributed by atoms with Crippen molar-refractivity contribution in [2.24, 2.45) is 40.4 Å². The van der Waals surface area contributed by atoms with Crippen LogP contribution < -0.4 is 0 Å². The van der Waals surface area contributed by atoms with Crippen LogP contribution in [0.4, 0.5) is 0 Å². The molecule has 4 aliphatic rings. The van der Waals surface area contributed by atoms with Crippen LogP contribution in [0.15, 0.2) is 0 Å². The molecular formula is C21H35Br. The molecule has 0 heterocycles. The van der Waals surface area contributed by atoms with Gasteiger partial charge in [0.25, 0.3) is 0 Å². The van der Waals surface area contributed by atoms with Crippen molar-refractivity contribution in [1.82, 2.24) is 0 Å². The Labute approximate surface area is 146 Å². The molecule has 0 nitrogen and oxygen atoms in total. The summed E-state index contributed by atoms with van der Waals surface area (Å²) < 4.78 is 0. The number of hydrogen-bond acceptors (Lipinski definition) is 0. The quantitative estimate of drug-likeness (QED) is 0.470. The Morgan fingerprint density at radius 3 is 2.45 bits per heavy atom. The molecule has 0 radical (unpaired) electrons. The normalized spacial score (nSPS) is 54.4. The van der Waals surface area contributed by atoms with Crippen LogP contribution in [0.25, 0.3) is 0 Å². The molecule has 0 N–H and O–H groups in total. The number of alkyl halides is 1. The molecule has 4 fully saturated rings. The minimum absolute atomic E-state index is 0.687. The largest absolute Gasteiger partial charge is 0.0928 e. The van der Waals surface area contributed by atoms with E-state index in [1.165, 1.54) is 31.0 Å². The number of halogens is 1. The Morgan fingerprint density at radius 2 is 1.64 bits per heavy atom. The van der Waals surface area contributed by atoms with E-state index < -0.39 is 0 Å². The van der Waals surface area contributed by atoms with Gasteiger partial charge in [0.15, 0.2) is 0 Å². The van der Waals surface area contributed by atoms with Crippen molar-refractivity contribution in [2.45, 2.75) is 84.5 Å². The molecule has 0 aromatic heterocycles. The van der Waals surface area contributed by atoms with E-state index in [1.54, 1.807) is 44.9 Å². The minimum Gasteiger partial charge on any atom is -0.0928 e. The Hall–Kier alpha value is 0.480. The van der Waals surface area contributed by atoms with Crippen molar-refractivity contribution in [3.8, 4) is 0 Å². The first kappa shape index (κ1) is 16.0. The zero-order valence-electron chi connectivity index (χ0n) is 14.7. The molecule has 0 aromatic rings. The first-order chi connectivity index (χ1) is 10.6. The molecule has 0 aromatic carbocycles. The van der Waals surface area contributed by atoms with Crippen LogP contribution in [-0.4, -0.2) is 5.33 Å². The highest BCUT2D eigenvalue weighted by Crippen LogP contribution is 2.67. The number of hydrogen-bond donors (Lipinski definition) is 0. The second-order valence-electron chi connectivity index (χ2n) is 9.70. The van der Waals surface area contributed by atoms with Crippen molar-refractivity contribution in [2.75, 3.05) is 5.33 Å². The molecular weight excluding hydrogens is 332 g/mol. The Bertz CT molecular complexity index is 418. The molecule has 4 aliphatic carbocycles. The predicted octanol–water partition coefficient (Wildman–Crippen LogP) is 6.82. The van der Waals surface area contributed by atoms with Gasteiger partial charge >= 0.3 is 0 Å². The predicted molar refractivity (Wildman–Crippen MR) is 98.2 cm³/mol. The van der Waals surface area contributed by atoms with Gasteiger partial charge in [-0.1, -0.05) is 42.6 Å².